The first-order valence-electron chi connectivity index (χ1n) is 8.20. The van der Waals surface area contributed by atoms with Crippen molar-refractivity contribution in [1.82, 2.24) is 9.88 Å². The van der Waals surface area contributed by atoms with Crippen LogP contribution in [0.1, 0.15) is 18.4 Å². The Morgan fingerprint density at radius 2 is 1.92 bits per heavy atom. The van der Waals surface area contributed by atoms with E-state index in [9.17, 15) is 18.0 Å². The van der Waals surface area contributed by atoms with Crippen LogP contribution in [0.2, 0.25) is 0 Å². The number of nitrogens with zero attached hydrogens (tertiary/aromatic N) is 3. The molecule has 9 heteroatoms. The van der Waals surface area contributed by atoms with Crippen molar-refractivity contribution in [2.45, 2.75) is 25.1 Å². The third-order valence-corrected chi connectivity index (χ3v) is 4.79. The summed E-state index contributed by atoms with van der Waals surface area (Å²) in [5.74, 6) is 0.585. The van der Waals surface area contributed by atoms with Crippen molar-refractivity contribution in [3.05, 3.63) is 17.8 Å². The fourth-order valence-corrected chi connectivity index (χ4v) is 3.24. The predicted molar refractivity (Wildman–Crippen MR) is 85.3 cm³/mol. The smallest absolute Gasteiger partial charge is 0.418 e. The minimum absolute atomic E-state index is 0.0141. The lowest BCUT2D eigenvalue weighted by Gasteiger charge is -2.40. The van der Waals surface area contributed by atoms with Crippen LogP contribution < -0.4 is 15.4 Å². The first-order chi connectivity index (χ1) is 11.8. The molecule has 1 saturated heterocycles. The van der Waals surface area contributed by atoms with Crippen LogP contribution in [0.5, 0.6) is 5.75 Å². The summed E-state index contributed by atoms with van der Waals surface area (Å²) in [7, 11) is 1.32. The number of ether oxygens (including phenoxy) is 1. The molecule has 25 heavy (non-hydrogen) atoms. The van der Waals surface area contributed by atoms with E-state index in [0.29, 0.717) is 32.0 Å². The molecule has 0 atom stereocenters. The average Bonchev–Trinajstić information content (AvgIpc) is 2.57. The van der Waals surface area contributed by atoms with Crippen LogP contribution in [0, 0.1) is 5.92 Å². The van der Waals surface area contributed by atoms with Gasteiger partial charge in [0.25, 0.3) is 0 Å². The number of piperazine rings is 1. The number of carbonyl (C=O) groups is 1. The summed E-state index contributed by atoms with van der Waals surface area (Å²) in [4.78, 5) is 19.9. The van der Waals surface area contributed by atoms with Crippen molar-refractivity contribution in [1.29, 1.82) is 0 Å². The Morgan fingerprint density at radius 3 is 2.44 bits per heavy atom. The Hall–Kier alpha value is -2.03. The fourth-order valence-electron chi connectivity index (χ4n) is 3.24. The highest BCUT2D eigenvalue weighted by atomic mass is 19.4. The van der Waals surface area contributed by atoms with Gasteiger partial charge in [0.2, 0.25) is 5.91 Å². The maximum Gasteiger partial charge on any atom is 0.418 e. The van der Waals surface area contributed by atoms with Crippen molar-refractivity contribution in [3.63, 3.8) is 0 Å². The Morgan fingerprint density at radius 1 is 1.28 bits per heavy atom. The first kappa shape index (κ1) is 17.8. The summed E-state index contributed by atoms with van der Waals surface area (Å²) < 4.78 is 43.5. The van der Waals surface area contributed by atoms with E-state index in [-0.39, 0.29) is 23.6 Å². The minimum Gasteiger partial charge on any atom is -0.493 e. The van der Waals surface area contributed by atoms with Gasteiger partial charge in [0, 0.05) is 44.3 Å². The molecule has 3 rings (SSSR count). The van der Waals surface area contributed by atoms with E-state index in [4.69, 9.17) is 10.5 Å². The number of rotatable bonds is 3. The molecule has 138 valence electrons. The zero-order valence-electron chi connectivity index (χ0n) is 13.9. The van der Waals surface area contributed by atoms with E-state index in [0.717, 1.165) is 25.1 Å². The van der Waals surface area contributed by atoms with E-state index >= 15 is 0 Å². The van der Waals surface area contributed by atoms with E-state index in [2.05, 4.69) is 4.98 Å². The summed E-state index contributed by atoms with van der Waals surface area (Å²) in [5.41, 5.74) is 4.88. The molecule has 0 spiro atoms. The van der Waals surface area contributed by atoms with Gasteiger partial charge in [0.05, 0.1) is 12.7 Å². The van der Waals surface area contributed by atoms with Gasteiger partial charge in [0.1, 0.15) is 0 Å². The van der Waals surface area contributed by atoms with E-state index in [1.165, 1.54) is 7.11 Å². The molecular weight excluding hydrogens is 337 g/mol. The molecule has 1 amide bonds. The van der Waals surface area contributed by atoms with Crippen LogP contribution in [0.25, 0.3) is 0 Å². The molecule has 1 aliphatic heterocycles. The van der Waals surface area contributed by atoms with E-state index in [1.807, 2.05) is 4.90 Å². The fraction of sp³-hybridized carbons (Fsp3) is 0.625. The van der Waals surface area contributed by atoms with Crippen molar-refractivity contribution in [2.75, 3.05) is 38.2 Å². The quantitative estimate of drug-likeness (QED) is 0.887. The Kier molecular flexibility index (Phi) is 4.77. The third-order valence-electron chi connectivity index (χ3n) is 4.79. The molecule has 6 nitrogen and oxygen atoms in total. The number of nitrogens with two attached hydrogens (primary N) is 1. The lowest BCUT2D eigenvalue weighted by atomic mass is 9.80. The predicted octanol–water partition coefficient (Wildman–Crippen LogP) is 1.49. The maximum absolute atomic E-state index is 12.8. The van der Waals surface area contributed by atoms with Crippen LogP contribution >= 0.6 is 0 Å². The highest BCUT2D eigenvalue weighted by Crippen LogP contribution is 2.35. The van der Waals surface area contributed by atoms with Gasteiger partial charge < -0.3 is 20.3 Å². The Bertz CT molecular complexity index is 639. The molecular formula is C16H21F3N4O2. The molecule has 0 unspecified atom stereocenters. The zero-order valence-corrected chi connectivity index (χ0v) is 13.9. The number of aromatic nitrogens is 1. The highest BCUT2D eigenvalue weighted by molar-refractivity contribution is 5.80. The monoisotopic (exact) mass is 358 g/mol. The third kappa shape index (κ3) is 3.65. The number of pyridine rings is 1. The normalized spacial score (nSPS) is 24.0. The number of hydrogen-bond acceptors (Lipinski definition) is 5. The van der Waals surface area contributed by atoms with Crippen LogP contribution in [0.15, 0.2) is 12.3 Å². The van der Waals surface area contributed by atoms with Crippen molar-refractivity contribution < 1.29 is 22.7 Å². The zero-order chi connectivity index (χ0) is 18.2. The molecule has 0 aromatic carbocycles. The summed E-state index contributed by atoms with van der Waals surface area (Å²) in [5, 5.41) is 0. The van der Waals surface area contributed by atoms with Gasteiger partial charge in [-0.3, -0.25) is 4.79 Å². The highest BCUT2D eigenvalue weighted by Gasteiger charge is 2.36. The number of hydrogen-bond donors (Lipinski definition) is 1. The minimum atomic E-state index is -4.46. The number of anilines is 1. The van der Waals surface area contributed by atoms with Crippen LogP contribution in [-0.4, -0.2) is 55.1 Å². The average molecular weight is 358 g/mol. The van der Waals surface area contributed by atoms with Crippen molar-refractivity contribution in [2.24, 2.45) is 11.7 Å². The van der Waals surface area contributed by atoms with Gasteiger partial charge in [0.15, 0.2) is 11.6 Å². The summed E-state index contributed by atoms with van der Waals surface area (Å²) in [6.07, 6.45) is -2.20. The molecule has 2 fully saturated rings. The van der Waals surface area contributed by atoms with Gasteiger partial charge in [-0.25, -0.2) is 4.98 Å². The molecule has 1 saturated carbocycles. The SMILES string of the molecule is COc1cc(C(F)(F)F)cnc1N1CCN(C(=O)C2CC(N)C2)CC1. The molecule has 2 heterocycles. The Balaban J connectivity index is 1.65. The van der Waals surface area contributed by atoms with Crippen molar-refractivity contribution >= 4 is 11.7 Å². The second-order valence-corrected chi connectivity index (χ2v) is 6.49. The lowest BCUT2D eigenvalue weighted by Crippen LogP contribution is -2.53. The van der Waals surface area contributed by atoms with Crippen LogP contribution in [-0.2, 0) is 11.0 Å². The number of alkyl halides is 3. The van der Waals surface area contributed by atoms with Crippen LogP contribution in [0.4, 0.5) is 19.0 Å². The van der Waals surface area contributed by atoms with Gasteiger partial charge in [-0.1, -0.05) is 0 Å². The van der Waals surface area contributed by atoms with Crippen LogP contribution in [0.3, 0.4) is 0 Å². The number of carbonyl (C=O) groups excluding carboxylic acids is 1. The maximum atomic E-state index is 12.8. The molecule has 2 aliphatic rings. The van der Waals surface area contributed by atoms with Gasteiger partial charge in [-0.2, -0.15) is 13.2 Å². The largest absolute Gasteiger partial charge is 0.493 e. The number of amides is 1. The molecule has 1 aliphatic carbocycles. The Labute approximate surface area is 143 Å². The molecule has 2 N–H and O–H groups in total. The summed E-state index contributed by atoms with van der Waals surface area (Å²) in [6, 6.07) is 1.08. The number of halogens is 3. The van der Waals surface area contributed by atoms with Gasteiger partial charge >= 0.3 is 6.18 Å². The molecule has 0 bridgehead atoms. The second kappa shape index (κ2) is 6.70. The topological polar surface area (TPSA) is 71.7 Å². The summed E-state index contributed by atoms with van der Waals surface area (Å²) in [6.45, 7) is 2.02. The summed E-state index contributed by atoms with van der Waals surface area (Å²) >= 11 is 0. The molecule has 0 radical (unpaired) electrons. The van der Waals surface area contributed by atoms with E-state index < -0.39 is 11.7 Å². The van der Waals surface area contributed by atoms with Gasteiger partial charge in [-0.15, -0.1) is 0 Å². The van der Waals surface area contributed by atoms with Gasteiger partial charge in [-0.05, 0) is 18.9 Å². The van der Waals surface area contributed by atoms with E-state index in [1.54, 1.807) is 4.90 Å². The first-order valence-corrected chi connectivity index (χ1v) is 8.20. The molecule has 1 aromatic heterocycles. The molecule has 1 aromatic rings. The second-order valence-electron chi connectivity index (χ2n) is 6.49. The number of methoxy groups -OCH3 is 1. The van der Waals surface area contributed by atoms with Crippen molar-refractivity contribution in [3.8, 4) is 5.75 Å². The standard InChI is InChI=1S/C16H21F3N4O2/c1-25-13-8-11(16(17,18)19)9-21-14(13)22-2-4-23(5-3-22)15(24)10-6-12(20)7-10/h8-10,12H,2-7,20H2,1H3. The lowest BCUT2D eigenvalue weighted by molar-refractivity contribution is -0.139.